The molecule has 0 heteroatoms. The summed E-state index contributed by atoms with van der Waals surface area (Å²) in [7, 11) is 0. The monoisotopic (exact) mass is 139 g/mol. The molecule has 2 unspecified atom stereocenters. The van der Waals surface area contributed by atoms with Gasteiger partial charge in [0.15, 0.2) is 0 Å². The molecule has 10 heavy (non-hydrogen) atoms. The molecule has 0 aromatic carbocycles. The Morgan fingerprint density at radius 2 is 1.60 bits per heavy atom. The van der Waals surface area contributed by atoms with Gasteiger partial charge in [0.2, 0.25) is 0 Å². The van der Waals surface area contributed by atoms with Crippen molar-refractivity contribution in [2.75, 3.05) is 0 Å². The lowest BCUT2D eigenvalue weighted by Gasteiger charge is -2.29. The van der Waals surface area contributed by atoms with Gasteiger partial charge in [0.1, 0.15) is 0 Å². The molecule has 0 saturated heterocycles. The largest absolute Gasteiger partial charge is 0.0619 e. The topological polar surface area (TPSA) is 0 Å². The molecular weight excluding hydrogens is 120 g/mol. The van der Waals surface area contributed by atoms with Crippen molar-refractivity contribution in [2.24, 2.45) is 23.2 Å². The van der Waals surface area contributed by atoms with Gasteiger partial charge in [0.05, 0.1) is 0 Å². The van der Waals surface area contributed by atoms with E-state index in [9.17, 15) is 0 Å². The summed E-state index contributed by atoms with van der Waals surface area (Å²) in [6, 6.07) is 0. The van der Waals surface area contributed by atoms with Gasteiger partial charge in [-0.05, 0) is 29.6 Å². The summed E-state index contributed by atoms with van der Waals surface area (Å²) in [4.78, 5) is 0. The molecule has 0 nitrogen and oxygen atoms in total. The predicted octanol–water partition coefficient (Wildman–Crippen LogP) is 3.14. The van der Waals surface area contributed by atoms with E-state index in [0.29, 0.717) is 5.41 Å². The number of hydrogen-bond acceptors (Lipinski definition) is 0. The molecule has 0 heterocycles. The molecule has 59 valence electrons. The van der Waals surface area contributed by atoms with Gasteiger partial charge in [-0.3, -0.25) is 0 Å². The van der Waals surface area contributed by atoms with Gasteiger partial charge in [0, 0.05) is 0 Å². The zero-order chi connectivity index (χ0) is 7.94. The van der Waals surface area contributed by atoms with E-state index in [1.807, 2.05) is 0 Å². The summed E-state index contributed by atoms with van der Waals surface area (Å²) in [5.41, 5.74) is 0.527. The second kappa shape index (κ2) is 2.25. The van der Waals surface area contributed by atoms with E-state index in [1.165, 1.54) is 0 Å². The minimum absolute atomic E-state index is 0.527. The molecule has 1 aliphatic rings. The van der Waals surface area contributed by atoms with Crippen molar-refractivity contribution in [1.82, 2.24) is 0 Å². The molecule has 0 N–H and O–H groups in total. The molecular formula is C10H19. The maximum Gasteiger partial charge on any atom is -0.0297 e. The first-order valence-electron chi connectivity index (χ1n) is 4.31. The molecule has 0 bridgehead atoms. The normalized spacial score (nSPS) is 45.9. The Morgan fingerprint density at radius 1 is 1.10 bits per heavy atom. The minimum atomic E-state index is 0.527. The van der Waals surface area contributed by atoms with Crippen LogP contribution in [0.15, 0.2) is 0 Å². The molecule has 0 spiro atoms. The molecule has 0 aliphatic heterocycles. The molecule has 1 fully saturated rings. The summed E-state index contributed by atoms with van der Waals surface area (Å²) in [6.07, 6.45) is 2.49. The summed E-state index contributed by atoms with van der Waals surface area (Å²) in [5, 5.41) is 0. The first-order valence-corrected chi connectivity index (χ1v) is 4.31. The van der Waals surface area contributed by atoms with Crippen LogP contribution in [0.4, 0.5) is 0 Å². The lowest BCUT2D eigenvalue weighted by atomic mass is 9.76. The first-order chi connectivity index (χ1) is 4.46. The Balaban J connectivity index is 2.75. The Kier molecular flexibility index (Phi) is 1.82. The molecule has 0 aromatic heterocycles. The zero-order valence-electron chi connectivity index (χ0n) is 7.81. The van der Waals surface area contributed by atoms with Crippen molar-refractivity contribution >= 4 is 0 Å². The van der Waals surface area contributed by atoms with E-state index >= 15 is 0 Å². The fourth-order valence-electron chi connectivity index (χ4n) is 1.96. The highest BCUT2D eigenvalue weighted by Crippen LogP contribution is 2.49. The van der Waals surface area contributed by atoms with Gasteiger partial charge in [-0.25, -0.2) is 0 Å². The van der Waals surface area contributed by atoms with Gasteiger partial charge in [-0.2, -0.15) is 0 Å². The average Bonchev–Trinajstić information content (AvgIpc) is 1.97. The molecule has 1 saturated carbocycles. The molecule has 1 rings (SSSR count). The molecule has 1 radical (unpaired) electrons. The summed E-state index contributed by atoms with van der Waals surface area (Å²) >= 11 is 0. The highest BCUT2D eigenvalue weighted by molar-refractivity contribution is 5.01. The third-order valence-electron chi connectivity index (χ3n) is 3.73. The Bertz CT molecular complexity index is 124. The predicted molar refractivity (Wildman–Crippen MR) is 45.6 cm³/mol. The second-order valence-electron chi connectivity index (χ2n) is 4.45. The van der Waals surface area contributed by atoms with Crippen molar-refractivity contribution in [3.8, 4) is 0 Å². The van der Waals surface area contributed by atoms with Crippen molar-refractivity contribution in [1.29, 1.82) is 0 Å². The third kappa shape index (κ3) is 0.980. The van der Waals surface area contributed by atoms with E-state index in [-0.39, 0.29) is 0 Å². The Hall–Kier alpha value is 0. The number of hydrogen-bond donors (Lipinski definition) is 0. The lowest BCUT2D eigenvalue weighted by Crippen LogP contribution is -2.22. The van der Waals surface area contributed by atoms with Crippen LogP contribution in [-0.4, -0.2) is 0 Å². The van der Waals surface area contributed by atoms with Gasteiger partial charge in [-0.15, -0.1) is 0 Å². The van der Waals surface area contributed by atoms with Crippen LogP contribution in [0, 0.1) is 29.6 Å². The van der Waals surface area contributed by atoms with Crippen LogP contribution in [0.1, 0.15) is 34.6 Å². The van der Waals surface area contributed by atoms with E-state index in [4.69, 9.17) is 0 Å². The van der Waals surface area contributed by atoms with Gasteiger partial charge in [-0.1, -0.05) is 34.6 Å². The van der Waals surface area contributed by atoms with Crippen LogP contribution >= 0.6 is 0 Å². The van der Waals surface area contributed by atoms with Gasteiger partial charge in [0.25, 0.3) is 0 Å². The fraction of sp³-hybridized carbons (Fsp3) is 0.900. The van der Waals surface area contributed by atoms with Crippen LogP contribution in [0.25, 0.3) is 0 Å². The highest BCUT2D eigenvalue weighted by Gasteiger charge is 2.42. The van der Waals surface area contributed by atoms with Crippen molar-refractivity contribution in [2.45, 2.75) is 34.6 Å². The SMILES string of the molecule is CC1[CH][C@@H](C)C(C)(C)C1C. The van der Waals surface area contributed by atoms with Crippen molar-refractivity contribution in [3.05, 3.63) is 6.42 Å². The van der Waals surface area contributed by atoms with Gasteiger partial charge >= 0.3 is 0 Å². The maximum absolute atomic E-state index is 2.49. The average molecular weight is 139 g/mol. The van der Waals surface area contributed by atoms with Crippen LogP contribution in [0.5, 0.6) is 0 Å². The van der Waals surface area contributed by atoms with Crippen LogP contribution in [0.2, 0.25) is 0 Å². The Labute approximate surface area is 65.0 Å². The highest BCUT2D eigenvalue weighted by atomic mass is 14.5. The van der Waals surface area contributed by atoms with Crippen LogP contribution in [-0.2, 0) is 0 Å². The molecule has 0 aromatic rings. The maximum atomic E-state index is 2.49. The Morgan fingerprint density at radius 3 is 1.70 bits per heavy atom. The van der Waals surface area contributed by atoms with E-state index in [2.05, 4.69) is 41.0 Å². The standard InChI is InChI=1S/C10H19/c1-7-6-8(2)10(4,5)9(7)3/h6-9H,1-5H3/t7?,8-,9?/m1/s1. The van der Waals surface area contributed by atoms with E-state index < -0.39 is 0 Å². The zero-order valence-corrected chi connectivity index (χ0v) is 7.81. The second-order valence-corrected chi connectivity index (χ2v) is 4.45. The van der Waals surface area contributed by atoms with Crippen molar-refractivity contribution < 1.29 is 0 Å². The van der Waals surface area contributed by atoms with Crippen LogP contribution in [0.3, 0.4) is 0 Å². The van der Waals surface area contributed by atoms with Gasteiger partial charge < -0.3 is 0 Å². The molecule has 1 aliphatic carbocycles. The smallest absolute Gasteiger partial charge is 0.0297 e. The fourth-order valence-corrected chi connectivity index (χ4v) is 1.96. The summed E-state index contributed by atoms with van der Waals surface area (Å²) < 4.78 is 0. The quantitative estimate of drug-likeness (QED) is 0.483. The first kappa shape index (κ1) is 8.10. The summed E-state index contributed by atoms with van der Waals surface area (Å²) in [5.74, 6) is 2.45. The van der Waals surface area contributed by atoms with Crippen molar-refractivity contribution in [3.63, 3.8) is 0 Å². The third-order valence-corrected chi connectivity index (χ3v) is 3.73. The van der Waals surface area contributed by atoms with E-state index in [1.54, 1.807) is 0 Å². The summed E-state index contributed by atoms with van der Waals surface area (Å²) in [6.45, 7) is 11.8. The molecule has 0 amide bonds. The van der Waals surface area contributed by atoms with E-state index in [0.717, 1.165) is 17.8 Å². The minimum Gasteiger partial charge on any atom is -0.0619 e. The van der Waals surface area contributed by atoms with Crippen LogP contribution < -0.4 is 0 Å². The number of rotatable bonds is 0. The molecule has 3 atom stereocenters. The lowest BCUT2D eigenvalue weighted by molar-refractivity contribution is 0.200.